The third-order valence-corrected chi connectivity index (χ3v) is 11.7. The topological polar surface area (TPSA) is 50.2 Å². The zero-order chi connectivity index (χ0) is 30.4. The highest BCUT2D eigenvalue weighted by Gasteiger charge is 2.29. The molecule has 0 aliphatic rings. The van der Waals surface area contributed by atoms with Gasteiger partial charge in [0.25, 0.3) is 0 Å². The number of hydrogen-bond donors (Lipinski definition) is 1. The number of aromatic nitrogens is 1. The van der Waals surface area contributed by atoms with E-state index in [1.54, 1.807) is 12.1 Å². The molecule has 0 atom stereocenters. The third kappa shape index (κ3) is 4.61. The molecule has 0 spiro atoms. The first kappa shape index (κ1) is 27.1. The molecular weight excluding hydrogens is 569 g/mol. The molecule has 0 saturated heterocycles. The average Bonchev–Trinajstić information content (AvgIpc) is 3.11. The van der Waals surface area contributed by atoms with Gasteiger partial charge in [-0.2, -0.15) is 0 Å². The molecule has 0 radical (unpaired) electrons. The van der Waals surface area contributed by atoms with E-state index in [-0.39, 0.29) is 5.75 Å². The van der Waals surface area contributed by atoms with Crippen LogP contribution in [0.15, 0.2) is 164 Å². The van der Waals surface area contributed by atoms with Crippen LogP contribution < -0.4 is 15.9 Å². The van der Waals surface area contributed by atoms with Gasteiger partial charge in [0.1, 0.15) is 5.75 Å². The maximum Gasteiger partial charge on any atom is 0.171 e. The average molecular weight is 598 g/mol. The van der Waals surface area contributed by atoms with Crippen LogP contribution in [0.1, 0.15) is 0 Å². The van der Waals surface area contributed by atoms with Crippen LogP contribution in [-0.2, 0) is 4.57 Å². The van der Waals surface area contributed by atoms with Crippen LogP contribution in [0.4, 0.5) is 0 Å². The van der Waals surface area contributed by atoms with Crippen molar-refractivity contribution in [2.45, 2.75) is 0 Å². The van der Waals surface area contributed by atoms with Gasteiger partial charge in [0.05, 0.1) is 11.2 Å². The summed E-state index contributed by atoms with van der Waals surface area (Å²) in [6, 6.07) is 54.1. The van der Waals surface area contributed by atoms with E-state index in [1.165, 1.54) is 0 Å². The van der Waals surface area contributed by atoms with Gasteiger partial charge >= 0.3 is 0 Å². The second-order valence-electron chi connectivity index (χ2n) is 11.3. The molecule has 0 amide bonds. The highest BCUT2D eigenvalue weighted by atomic mass is 31.2. The van der Waals surface area contributed by atoms with Crippen molar-refractivity contribution in [3.8, 4) is 28.1 Å². The van der Waals surface area contributed by atoms with Crippen LogP contribution in [0.2, 0.25) is 0 Å². The predicted octanol–water partition coefficient (Wildman–Crippen LogP) is 9.22. The molecule has 214 valence electrons. The van der Waals surface area contributed by atoms with Gasteiger partial charge in [-0.05, 0) is 46.2 Å². The number of pyridine rings is 1. The standard InChI is InChI=1S/C41H28NO2P/c43-32-23-25-39-38(27-32)40-36-17-8-7-10-29(36)22-24-37(40)41(42-39)30-20-18-28(19-21-30)31-11-9-16-35(26-31)45(44,33-12-3-1-4-13-33)34-14-5-2-6-15-34/h1-27,43H. The summed E-state index contributed by atoms with van der Waals surface area (Å²) >= 11 is 0. The monoisotopic (exact) mass is 597 g/mol. The second kappa shape index (κ2) is 10.9. The minimum atomic E-state index is -3.08. The van der Waals surface area contributed by atoms with E-state index in [0.717, 1.165) is 70.7 Å². The first-order valence-electron chi connectivity index (χ1n) is 15.0. The largest absolute Gasteiger partial charge is 0.508 e. The molecule has 0 aliphatic carbocycles. The van der Waals surface area contributed by atoms with Gasteiger partial charge in [-0.25, -0.2) is 4.98 Å². The van der Waals surface area contributed by atoms with Crippen LogP contribution in [0.3, 0.4) is 0 Å². The van der Waals surface area contributed by atoms with Crippen molar-refractivity contribution in [2.24, 2.45) is 0 Å². The Bertz CT molecular complexity index is 2360. The summed E-state index contributed by atoms with van der Waals surface area (Å²) in [6.07, 6.45) is 0. The van der Waals surface area contributed by atoms with E-state index in [2.05, 4.69) is 60.7 Å². The third-order valence-electron chi connectivity index (χ3n) is 8.61. The Morgan fingerprint density at radius 3 is 1.84 bits per heavy atom. The second-order valence-corrected chi connectivity index (χ2v) is 14.0. The molecule has 1 aromatic heterocycles. The van der Waals surface area contributed by atoms with Crippen LogP contribution >= 0.6 is 7.14 Å². The van der Waals surface area contributed by atoms with Gasteiger partial charge in [0.2, 0.25) is 0 Å². The van der Waals surface area contributed by atoms with E-state index in [0.29, 0.717) is 0 Å². The number of fused-ring (bicyclic) bond motifs is 5. The van der Waals surface area contributed by atoms with Crippen LogP contribution in [0.25, 0.3) is 54.8 Å². The Kier molecular flexibility index (Phi) is 6.55. The number of aromatic hydroxyl groups is 1. The van der Waals surface area contributed by atoms with Crippen molar-refractivity contribution >= 4 is 55.5 Å². The van der Waals surface area contributed by atoms with Gasteiger partial charge in [-0.3, -0.25) is 0 Å². The predicted molar refractivity (Wildman–Crippen MR) is 189 cm³/mol. The minimum absolute atomic E-state index is 0.224. The van der Waals surface area contributed by atoms with Gasteiger partial charge in [-0.15, -0.1) is 0 Å². The summed E-state index contributed by atoms with van der Waals surface area (Å²) in [5, 5.41) is 18.1. The van der Waals surface area contributed by atoms with E-state index < -0.39 is 7.14 Å². The SMILES string of the molecule is O=P(c1ccccc1)(c1ccccc1)c1cccc(-c2ccc(-c3nc4ccc(O)cc4c4c3ccc3ccccc34)cc2)c1. The lowest BCUT2D eigenvalue weighted by atomic mass is 9.94. The summed E-state index contributed by atoms with van der Waals surface area (Å²) in [7, 11) is -3.08. The summed E-state index contributed by atoms with van der Waals surface area (Å²) in [6.45, 7) is 0. The Balaban J connectivity index is 1.25. The Morgan fingerprint density at radius 1 is 0.467 bits per heavy atom. The van der Waals surface area contributed by atoms with Crippen LogP contribution in [-0.4, -0.2) is 10.1 Å². The summed E-state index contributed by atoms with van der Waals surface area (Å²) in [5.74, 6) is 0.224. The first-order chi connectivity index (χ1) is 22.1. The van der Waals surface area contributed by atoms with Crippen molar-refractivity contribution < 1.29 is 9.67 Å². The molecule has 45 heavy (non-hydrogen) atoms. The molecular formula is C41H28NO2P. The van der Waals surface area contributed by atoms with Gasteiger partial charge in [-0.1, -0.05) is 140 Å². The zero-order valence-electron chi connectivity index (χ0n) is 24.3. The lowest BCUT2D eigenvalue weighted by molar-refractivity contribution is 0.476. The molecule has 4 heteroatoms. The molecule has 1 N–H and O–H groups in total. The highest BCUT2D eigenvalue weighted by molar-refractivity contribution is 7.85. The quantitative estimate of drug-likeness (QED) is 0.159. The molecule has 8 aromatic rings. The van der Waals surface area contributed by atoms with Crippen molar-refractivity contribution in [1.82, 2.24) is 4.98 Å². The molecule has 0 aliphatic heterocycles. The number of benzene rings is 7. The lowest BCUT2D eigenvalue weighted by Gasteiger charge is -2.20. The Morgan fingerprint density at radius 2 is 1.11 bits per heavy atom. The van der Waals surface area contributed by atoms with Crippen molar-refractivity contribution in [3.05, 3.63) is 164 Å². The Hall–Kier alpha value is -5.50. The molecule has 0 saturated carbocycles. The zero-order valence-corrected chi connectivity index (χ0v) is 25.2. The number of hydrogen-bond acceptors (Lipinski definition) is 3. The van der Waals surface area contributed by atoms with Crippen molar-refractivity contribution in [1.29, 1.82) is 0 Å². The number of phenols is 1. The van der Waals surface area contributed by atoms with Gasteiger partial charge in [0, 0.05) is 37.6 Å². The summed E-state index contributed by atoms with van der Waals surface area (Å²) in [4.78, 5) is 5.09. The fraction of sp³-hybridized carbons (Fsp3) is 0. The number of nitrogens with zero attached hydrogens (tertiary/aromatic N) is 1. The fourth-order valence-electron chi connectivity index (χ4n) is 6.41. The summed E-state index contributed by atoms with van der Waals surface area (Å²) in [5.41, 5.74) is 4.77. The smallest absolute Gasteiger partial charge is 0.171 e. The maximum atomic E-state index is 15.0. The molecule has 3 nitrogen and oxygen atoms in total. The van der Waals surface area contributed by atoms with E-state index in [4.69, 9.17) is 4.98 Å². The van der Waals surface area contributed by atoms with E-state index in [1.807, 2.05) is 91.0 Å². The van der Waals surface area contributed by atoms with Crippen LogP contribution in [0, 0.1) is 0 Å². The first-order valence-corrected chi connectivity index (χ1v) is 16.7. The van der Waals surface area contributed by atoms with Crippen LogP contribution in [0.5, 0.6) is 5.75 Å². The molecule has 0 unspecified atom stereocenters. The molecule has 7 aromatic carbocycles. The minimum Gasteiger partial charge on any atom is -0.508 e. The highest BCUT2D eigenvalue weighted by Crippen LogP contribution is 2.43. The molecule has 8 rings (SSSR count). The number of phenolic OH excluding ortho intramolecular Hbond substituents is 1. The Labute approximate surface area is 261 Å². The molecule has 0 fully saturated rings. The van der Waals surface area contributed by atoms with Gasteiger partial charge < -0.3 is 9.67 Å². The summed E-state index contributed by atoms with van der Waals surface area (Å²) < 4.78 is 15.0. The molecule has 1 heterocycles. The normalized spacial score (nSPS) is 11.7. The maximum absolute atomic E-state index is 15.0. The lowest BCUT2D eigenvalue weighted by Crippen LogP contribution is -2.25. The molecule has 0 bridgehead atoms. The van der Waals surface area contributed by atoms with Gasteiger partial charge in [0.15, 0.2) is 7.14 Å². The fourth-order valence-corrected chi connectivity index (χ4v) is 9.10. The van der Waals surface area contributed by atoms with Crippen molar-refractivity contribution in [2.75, 3.05) is 0 Å². The van der Waals surface area contributed by atoms with E-state index in [9.17, 15) is 9.67 Å². The number of rotatable bonds is 5. The van der Waals surface area contributed by atoms with E-state index >= 15 is 0 Å². The van der Waals surface area contributed by atoms with Crippen molar-refractivity contribution in [3.63, 3.8) is 0 Å².